The molecule has 2 atom stereocenters. The fraction of sp³-hybridized carbons (Fsp3) is 0.688. The molecule has 2 heterocycles. The molecule has 1 saturated carbocycles. The number of furan rings is 1. The van der Waals surface area contributed by atoms with E-state index in [1.165, 1.54) is 33.0 Å². The minimum atomic E-state index is -3.66. The van der Waals surface area contributed by atoms with E-state index in [-0.39, 0.29) is 11.0 Å². The number of carbonyl (C=O) groups excluding carboxylic acids is 1. The second-order valence-corrected chi connectivity index (χ2v) is 8.80. The largest absolute Gasteiger partial charge is 0.448 e. The van der Waals surface area contributed by atoms with E-state index in [1.807, 2.05) is 4.90 Å². The van der Waals surface area contributed by atoms with Crippen molar-refractivity contribution >= 4 is 15.9 Å². The van der Waals surface area contributed by atoms with Gasteiger partial charge >= 0.3 is 0 Å². The Morgan fingerprint density at radius 1 is 1.26 bits per heavy atom. The molecule has 23 heavy (non-hydrogen) atoms. The van der Waals surface area contributed by atoms with E-state index in [4.69, 9.17) is 4.42 Å². The van der Waals surface area contributed by atoms with Gasteiger partial charge in [0, 0.05) is 32.7 Å². The molecule has 2 fully saturated rings. The number of aryl methyl sites for hydroxylation is 1. The standard InChI is InChI=1S/C16H24N2O4S/c1-11-13(10-15(22-11)23(20,21)17(2)3)16(19)18-9-8-12-6-4-5-7-14(12)18/h10,12,14H,4-9H2,1-3H3. The minimum Gasteiger partial charge on any atom is -0.448 e. The van der Waals surface area contributed by atoms with Crippen LogP contribution in [0.5, 0.6) is 0 Å². The number of amides is 1. The lowest BCUT2D eigenvalue weighted by atomic mass is 9.85. The number of nitrogens with zero attached hydrogens (tertiary/aromatic N) is 2. The average Bonchev–Trinajstić information content (AvgIpc) is 3.10. The molecule has 1 aliphatic carbocycles. The first-order valence-electron chi connectivity index (χ1n) is 8.16. The molecule has 0 bridgehead atoms. The maximum atomic E-state index is 12.9. The predicted octanol–water partition coefficient (Wildman–Crippen LogP) is 2.24. The summed E-state index contributed by atoms with van der Waals surface area (Å²) in [5.74, 6) is 0.875. The van der Waals surface area contributed by atoms with Gasteiger partial charge in [-0.15, -0.1) is 0 Å². The van der Waals surface area contributed by atoms with Crippen molar-refractivity contribution < 1.29 is 17.6 Å². The first kappa shape index (κ1) is 16.5. The molecule has 6 nitrogen and oxygen atoms in total. The second-order valence-electron chi connectivity index (χ2n) is 6.72. The normalized spacial score (nSPS) is 25.0. The first-order valence-corrected chi connectivity index (χ1v) is 9.60. The third-order valence-electron chi connectivity index (χ3n) is 5.13. The molecular formula is C16H24N2O4S. The van der Waals surface area contributed by atoms with E-state index < -0.39 is 10.0 Å². The maximum absolute atomic E-state index is 12.9. The molecule has 0 N–H and O–H groups in total. The summed E-state index contributed by atoms with van der Waals surface area (Å²) in [7, 11) is -0.771. The van der Waals surface area contributed by atoms with Gasteiger partial charge in [-0.1, -0.05) is 12.8 Å². The van der Waals surface area contributed by atoms with Crippen LogP contribution >= 0.6 is 0 Å². The summed E-state index contributed by atoms with van der Waals surface area (Å²) in [4.78, 5) is 14.8. The lowest BCUT2D eigenvalue weighted by Crippen LogP contribution is -2.39. The van der Waals surface area contributed by atoms with Crippen LogP contribution in [0.15, 0.2) is 15.6 Å². The van der Waals surface area contributed by atoms with Crippen LogP contribution in [0.2, 0.25) is 0 Å². The Balaban J connectivity index is 1.87. The third kappa shape index (κ3) is 2.80. The van der Waals surface area contributed by atoms with Crippen molar-refractivity contribution in [1.82, 2.24) is 9.21 Å². The Bertz CT molecular complexity index is 708. The number of fused-ring (bicyclic) bond motifs is 1. The molecule has 0 radical (unpaired) electrons. The molecule has 0 aromatic carbocycles. The molecule has 1 aliphatic heterocycles. The van der Waals surface area contributed by atoms with Crippen molar-refractivity contribution in [2.24, 2.45) is 5.92 Å². The lowest BCUT2D eigenvalue weighted by Gasteiger charge is -2.31. The van der Waals surface area contributed by atoms with Crippen LogP contribution in [0, 0.1) is 12.8 Å². The molecule has 1 aromatic heterocycles. The number of sulfonamides is 1. The molecule has 7 heteroatoms. The van der Waals surface area contributed by atoms with Gasteiger partial charge in [-0.05, 0) is 32.1 Å². The highest BCUT2D eigenvalue weighted by atomic mass is 32.2. The Hall–Kier alpha value is -1.34. The van der Waals surface area contributed by atoms with Crippen LogP contribution in [-0.4, -0.2) is 50.2 Å². The number of likely N-dealkylation sites (tertiary alicyclic amines) is 1. The lowest BCUT2D eigenvalue weighted by molar-refractivity contribution is 0.0688. The quantitative estimate of drug-likeness (QED) is 0.846. The average molecular weight is 340 g/mol. The highest BCUT2D eigenvalue weighted by Crippen LogP contribution is 2.37. The maximum Gasteiger partial charge on any atom is 0.275 e. The van der Waals surface area contributed by atoms with Gasteiger partial charge in [0.05, 0.1) is 5.56 Å². The molecule has 3 rings (SSSR count). The zero-order valence-electron chi connectivity index (χ0n) is 13.9. The topological polar surface area (TPSA) is 70.8 Å². The zero-order valence-corrected chi connectivity index (χ0v) is 14.7. The Kier molecular flexibility index (Phi) is 4.27. The van der Waals surface area contributed by atoms with E-state index in [9.17, 15) is 13.2 Å². The van der Waals surface area contributed by atoms with E-state index in [1.54, 1.807) is 6.92 Å². The van der Waals surface area contributed by atoms with E-state index in [0.29, 0.717) is 23.3 Å². The van der Waals surface area contributed by atoms with Crippen LogP contribution < -0.4 is 0 Å². The first-order chi connectivity index (χ1) is 10.8. The van der Waals surface area contributed by atoms with Crippen molar-refractivity contribution in [2.75, 3.05) is 20.6 Å². The van der Waals surface area contributed by atoms with Crippen LogP contribution in [0.1, 0.15) is 48.2 Å². The van der Waals surface area contributed by atoms with Gasteiger partial charge in [0.2, 0.25) is 5.09 Å². The number of rotatable bonds is 3. The van der Waals surface area contributed by atoms with Crippen LogP contribution in [0.25, 0.3) is 0 Å². The van der Waals surface area contributed by atoms with Crippen molar-refractivity contribution in [3.63, 3.8) is 0 Å². The Labute approximate surface area is 137 Å². The minimum absolute atomic E-state index is 0.0964. The fourth-order valence-electron chi connectivity index (χ4n) is 3.79. The van der Waals surface area contributed by atoms with Gasteiger partial charge in [0.25, 0.3) is 15.9 Å². The third-order valence-corrected chi connectivity index (χ3v) is 6.80. The molecule has 1 amide bonds. The van der Waals surface area contributed by atoms with Crippen molar-refractivity contribution in [3.8, 4) is 0 Å². The Morgan fingerprint density at radius 3 is 2.65 bits per heavy atom. The summed E-state index contributed by atoms with van der Waals surface area (Å²) >= 11 is 0. The van der Waals surface area contributed by atoms with Crippen LogP contribution in [0.4, 0.5) is 0 Å². The van der Waals surface area contributed by atoms with Gasteiger partial charge in [0.1, 0.15) is 5.76 Å². The summed E-state index contributed by atoms with van der Waals surface area (Å²) in [5.41, 5.74) is 0.372. The molecule has 2 aliphatic rings. The van der Waals surface area contributed by atoms with Gasteiger partial charge < -0.3 is 9.32 Å². The molecule has 1 aromatic rings. The number of hydrogen-bond acceptors (Lipinski definition) is 4. The molecular weight excluding hydrogens is 316 g/mol. The Morgan fingerprint density at radius 2 is 1.96 bits per heavy atom. The number of carbonyl (C=O) groups is 1. The fourth-order valence-corrected chi connectivity index (χ4v) is 4.64. The SMILES string of the molecule is Cc1oc(S(=O)(=O)N(C)C)cc1C(=O)N1CCC2CCCCC21. The smallest absolute Gasteiger partial charge is 0.275 e. The summed E-state index contributed by atoms with van der Waals surface area (Å²) in [6.45, 7) is 2.41. The summed E-state index contributed by atoms with van der Waals surface area (Å²) < 4.78 is 30.8. The highest BCUT2D eigenvalue weighted by Gasteiger charge is 2.39. The molecule has 128 valence electrons. The molecule has 1 saturated heterocycles. The van der Waals surface area contributed by atoms with E-state index in [2.05, 4.69) is 0 Å². The van der Waals surface area contributed by atoms with Gasteiger partial charge in [-0.2, -0.15) is 0 Å². The van der Waals surface area contributed by atoms with Crippen LogP contribution in [0.3, 0.4) is 0 Å². The van der Waals surface area contributed by atoms with E-state index in [0.717, 1.165) is 30.1 Å². The predicted molar refractivity (Wildman–Crippen MR) is 85.7 cm³/mol. The van der Waals surface area contributed by atoms with Crippen molar-refractivity contribution in [1.29, 1.82) is 0 Å². The summed E-state index contributed by atoms with van der Waals surface area (Å²) in [5, 5.41) is -0.164. The number of hydrogen-bond donors (Lipinski definition) is 0. The van der Waals surface area contributed by atoms with Crippen LogP contribution in [-0.2, 0) is 10.0 Å². The van der Waals surface area contributed by atoms with Gasteiger partial charge in [-0.25, -0.2) is 12.7 Å². The van der Waals surface area contributed by atoms with Crippen molar-refractivity contribution in [2.45, 2.75) is 50.2 Å². The highest BCUT2D eigenvalue weighted by molar-refractivity contribution is 7.88. The van der Waals surface area contributed by atoms with Gasteiger partial charge in [0.15, 0.2) is 0 Å². The molecule has 2 unspecified atom stereocenters. The monoisotopic (exact) mass is 340 g/mol. The molecule has 0 spiro atoms. The van der Waals surface area contributed by atoms with E-state index >= 15 is 0 Å². The van der Waals surface area contributed by atoms with Gasteiger partial charge in [-0.3, -0.25) is 4.79 Å². The van der Waals surface area contributed by atoms with Crippen molar-refractivity contribution in [3.05, 3.63) is 17.4 Å². The summed E-state index contributed by atoms with van der Waals surface area (Å²) in [6, 6.07) is 1.68. The zero-order chi connectivity index (χ0) is 16.8. The second kappa shape index (κ2) is 5.94. The summed E-state index contributed by atoms with van der Waals surface area (Å²) in [6.07, 6.45) is 5.71.